The molecule has 0 radical (unpaired) electrons. The molecule has 118 valence electrons. The molecule has 3 aromatic rings. The highest BCUT2D eigenvalue weighted by Crippen LogP contribution is 2.24. The van der Waals surface area contributed by atoms with Crippen LogP contribution in [-0.4, -0.2) is 18.4 Å². The lowest BCUT2D eigenvalue weighted by molar-refractivity contribution is 0.488. The molecule has 2 aromatic carbocycles. The molecule has 0 fully saturated rings. The molecule has 23 heavy (non-hydrogen) atoms. The fourth-order valence-corrected chi connectivity index (χ4v) is 3.05. The van der Waals surface area contributed by atoms with Crippen LogP contribution in [0, 0.1) is 6.92 Å². The van der Waals surface area contributed by atoms with E-state index in [1.165, 1.54) is 30.3 Å². The summed E-state index contributed by atoms with van der Waals surface area (Å²) in [6.45, 7) is 1.83. The Morgan fingerprint density at radius 1 is 0.957 bits per heavy atom. The lowest BCUT2D eigenvalue weighted by Gasteiger charge is -2.09. The first-order valence-corrected chi connectivity index (χ1v) is 8.04. The van der Waals surface area contributed by atoms with E-state index >= 15 is 0 Å². The Kier molecular flexibility index (Phi) is 3.53. The van der Waals surface area contributed by atoms with Crippen molar-refractivity contribution in [2.45, 2.75) is 11.8 Å². The summed E-state index contributed by atoms with van der Waals surface area (Å²) in [5.74, 6) is -0.119. The summed E-state index contributed by atoms with van der Waals surface area (Å²) in [5.41, 5.74) is -0.435. The molecule has 1 aromatic heterocycles. The summed E-state index contributed by atoms with van der Waals surface area (Å²) in [7, 11) is -4.08. The Hall–Kier alpha value is -2.87. The number of hydrogen-bond acceptors (Lipinski definition) is 5. The molecule has 8 heteroatoms. The topological polar surface area (TPSA) is 109 Å². The molecule has 2 N–H and O–H groups in total. The van der Waals surface area contributed by atoms with Crippen molar-refractivity contribution in [1.29, 1.82) is 0 Å². The van der Waals surface area contributed by atoms with Crippen molar-refractivity contribution in [1.82, 2.24) is 9.97 Å². The molecule has 0 amide bonds. The maximum absolute atomic E-state index is 12.3. The molecule has 0 saturated heterocycles. The summed E-state index contributed by atoms with van der Waals surface area (Å²) in [6, 6.07) is 10.4. The number of benzene rings is 2. The minimum atomic E-state index is -4.08. The predicted molar refractivity (Wildman–Crippen MR) is 84.2 cm³/mol. The average molecular weight is 332 g/mol. The fraction of sp³-hybridized carbons (Fsp3) is 0.0667. The molecular weight excluding hydrogens is 320 g/mol. The number of rotatable bonds is 3. The Labute approximate surface area is 130 Å². The third-order valence-electron chi connectivity index (χ3n) is 3.25. The zero-order valence-electron chi connectivity index (χ0n) is 12.0. The number of fused-ring (bicyclic) bond motifs is 1. The Bertz CT molecular complexity index is 1100. The SMILES string of the molecule is Cc1ccc(S(=O)(=O)Oc2cccc3c(=O)[nH]c(=O)[nH]c23)cc1. The zero-order chi connectivity index (χ0) is 16.6. The van der Waals surface area contributed by atoms with Gasteiger partial charge in [-0.3, -0.25) is 9.78 Å². The molecule has 0 spiro atoms. The number of aromatic amines is 2. The van der Waals surface area contributed by atoms with Crippen LogP contribution >= 0.6 is 0 Å². The molecule has 0 unspecified atom stereocenters. The molecule has 0 aliphatic heterocycles. The zero-order valence-corrected chi connectivity index (χ0v) is 12.8. The van der Waals surface area contributed by atoms with Crippen LogP contribution in [-0.2, 0) is 10.1 Å². The van der Waals surface area contributed by atoms with E-state index < -0.39 is 21.4 Å². The minimum Gasteiger partial charge on any atom is -0.377 e. The third-order valence-corrected chi connectivity index (χ3v) is 4.49. The van der Waals surface area contributed by atoms with Crippen LogP contribution in [0.4, 0.5) is 0 Å². The van der Waals surface area contributed by atoms with Crippen molar-refractivity contribution in [2.24, 2.45) is 0 Å². The van der Waals surface area contributed by atoms with Gasteiger partial charge in [-0.1, -0.05) is 23.8 Å². The Morgan fingerprint density at radius 3 is 2.35 bits per heavy atom. The summed E-state index contributed by atoms with van der Waals surface area (Å²) in [6.07, 6.45) is 0. The van der Waals surface area contributed by atoms with Crippen molar-refractivity contribution in [3.63, 3.8) is 0 Å². The highest BCUT2D eigenvalue weighted by molar-refractivity contribution is 7.87. The number of nitrogens with one attached hydrogen (secondary N) is 2. The normalized spacial score (nSPS) is 11.5. The van der Waals surface area contributed by atoms with Crippen molar-refractivity contribution < 1.29 is 12.6 Å². The van der Waals surface area contributed by atoms with Gasteiger partial charge in [0.1, 0.15) is 4.90 Å². The van der Waals surface area contributed by atoms with Crippen molar-refractivity contribution >= 4 is 21.0 Å². The molecular formula is C15H12N2O5S. The summed E-state index contributed by atoms with van der Waals surface area (Å²) in [5, 5.41) is 0.126. The van der Waals surface area contributed by atoms with Gasteiger partial charge in [0.05, 0.1) is 10.9 Å². The van der Waals surface area contributed by atoms with Crippen LogP contribution in [0.1, 0.15) is 5.56 Å². The standard InChI is InChI=1S/C15H12N2O5S/c1-9-5-7-10(8-6-9)23(20,21)22-12-4-2-3-11-13(12)16-15(19)17-14(11)18/h2-8H,1H3,(H2,16,17,18,19). The van der Waals surface area contributed by atoms with Gasteiger partial charge in [0.15, 0.2) is 5.75 Å². The lowest BCUT2D eigenvalue weighted by atomic mass is 10.2. The van der Waals surface area contributed by atoms with Gasteiger partial charge in [0.2, 0.25) is 0 Å². The van der Waals surface area contributed by atoms with Crippen LogP contribution in [0.5, 0.6) is 5.75 Å². The van der Waals surface area contributed by atoms with Gasteiger partial charge in [-0.2, -0.15) is 8.42 Å². The maximum Gasteiger partial charge on any atom is 0.339 e. The van der Waals surface area contributed by atoms with E-state index in [0.29, 0.717) is 0 Å². The van der Waals surface area contributed by atoms with E-state index in [1.54, 1.807) is 12.1 Å². The van der Waals surface area contributed by atoms with Gasteiger partial charge in [0.25, 0.3) is 5.56 Å². The quantitative estimate of drug-likeness (QED) is 0.703. The third kappa shape index (κ3) is 2.88. The van der Waals surface area contributed by atoms with Crippen LogP contribution < -0.4 is 15.4 Å². The first kappa shape index (κ1) is 15.0. The largest absolute Gasteiger partial charge is 0.377 e. The average Bonchev–Trinajstić information content (AvgIpc) is 2.48. The number of H-pyrrole nitrogens is 2. The molecule has 0 aliphatic carbocycles. The molecule has 0 aliphatic rings. The molecule has 3 rings (SSSR count). The van der Waals surface area contributed by atoms with Gasteiger partial charge in [-0.05, 0) is 31.2 Å². The summed E-state index contributed by atoms with van der Waals surface area (Å²) in [4.78, 5) is 27.6. The second-order valence-corrected chi connectivity index (χ2v) is 6.48. The van der Waals surface area contributed by atoms with Gasteiger partial charge >= 0.3 is 15.8 Å². The molecule has 0 bridgehead atoms. The Balaban J connectivity index is 2.13. The summed E-state index contributed by atoms with van der Waals surface area (Å²) < 4.78 is 29.8. The first-order valence-electron chi connectivity index (χ1n) is 6.63. The number of aromatic nitrogens is 2. The predicted octanol–water partition coefficient (Wildman–Crippen LogP) is 1.29. The second kappa shape index (κ2) is 5.40. The molecule has 0 atom stereocenters. The number of hydrogen-bond donors (Lipinski definition) is 2. The minimum absolute atomic E-state index is 0.0210. The molecule has 1 heterocycles. The van der Waals surface area contributed by atoms with Crippen LogP contribution in [0.15, 0.2) is 56.9 Å². The second-order valence-electron chi connectivity index (χ2n) is 4.94. The summed E-state index contributed by atoms with van der Waals surface area (Å²) >= 11 is 0. The van der Waals surface area contributed by atoms with E-state index in [0.717, 1.165) is 5.56 Å². The fourth-order valence-electron chi connectivity index (χ4n) is 2.11. The van der Waals surface area contributed by atoms with Gasteiger partial charge in [0, 0.05) is 0 Å². The highest BCUT2D eigenvalue weighted by atomic mass is 32.2. The smallest absolute Gasteiger partial charge is 0.339 e. The maximum atomic E-state index is 12.3. The van der Waals surface area contributed by atoms with E-state index in [2.05, 4.69) is 9.97 Å². The number of aryl methyl sites for hydroxylation is 1. The van der Waals surface area contributed by atoms with Crippen LogP contribution in [0.2, 0.25) is 0 Å². The Morgan fingerprint density at radius 2 is 1.65 bits per heavy atom. The van der Waals surface area contributed by atoms with Gasteiger partial charge in [-0.15, -0.1) is 0 Å². The van der Waals surface area contributed by atoms with Crippen molar-refractivity contribution in [2.75, 3.05) is 0 Å². The molecule has 0 saturated carbocycles. The van der Waals surface area contributed by atoms with Crippen molar-refractivity contribution in [3.05, 3.63) is 68.9 Å². The number of para-hydroxylation sites is 1. The van der Waals surface area contributed by atoms with E-state index in [4.69, 9.17) is 4.18 Å². The van der Waals surface area contributed by atoms with E-state index in [1.807, 2.05) is 6.92 Å². The van der Waals surface area contributed by atoms with E-state index in [-0.39, 0.29) is 21.5 Å². The first-order chi connectivity index (χ1) is 10.9. The monoisotopic (exact) mass is 332 g/mol. The van der Waals surface area contributed by atoms with Crippen LogP contribution in [0.25, 0.3) is 10.9 Å². The lowest BCUT2D eigenvalue weighted by Crippen LogP contribution is -2.22. The van der Waals surface area contributed by atoms with Crippen molar-refractivity contribution in [3.8, 4) is 5.75 Å². The molecule has 7 nitrogen and oxygen atoms in total. The van der Waals surface area contributed by atoms with E-state index in [9.17, 15) is 18.0 Å². The van der Waals surface area contributed by atoms with Crippen LogP contribution in [0.3, 0.4) is 0 Å². The highest BCUT2D eigenvalue weighted by Gasteiger charge is 2.18. The van der Waals surface area contributed by atoms with Gasteiger partial charge < -0.3 is 9.17 Å². The van der Waals surface area contributed by atoms with Gasteiger partial charge in [-0.25, -0.2) is 4.79 Å².